The summed E-state index contributed by atoms with van der Waals surface area (Å²) in [6.45, 7) is 2.48. The van der Waals surface area contributed by atoms with Gasteiger partial charge < -0.3 is 19.5 Å². The SMILES string of the molecule is OCC1CN(c2ccc(OCc3c(Cl)cccc3Cl)cc2)CCO1. The van der Waals surface area contributed by atoms with Gasteiger partial charge in [-0.1, -0.05) is 29.3 Å². The summed E-state index contributed by atoms with van der Waals surface area (Å²) in [6.07, 6.45) is -0.128. The Morgan fingerprint density at radius 1 is 1.12 bits per heavy atom. The molecule has 0 bridgehead atoms. The number of hydrogen-bond acceptors (Lipinski definition) is 4. The highest BCUT2D eigenvalue weighted by Gasteiger charge is 2.19. The number of nitrogens with zero attached hydrogens (tertiary/aromatic N) is 1. The number of halogens is 2. The summed E-state index contributed by atoms with van der Waals surface area (Å²) in [5, 5.41) is 10.4. The molecule has 0 amide bonds. The monoisotopic (exact) mass is 367 g/mol. The van der Waals surface area contributed by atoms with Crippen LogP contribution in [0.4, 0.5) is 5.69 Å². The van der Waals surface area contributed by atoms with E-state index < -0.39 is 0 Å². The van der Waals surface area contributed by atoms with Gasteiger partial charge in [0.25, 0.3) is 0 Å². The number of aliphatic hydroxyl groups excluding tert-OH is 1. The highest BCUT2D eigenvalue weighted by atomic mass is 35.5. The minimum absolute atomic E-state index is 0.0380. The van der Waals surface area contributed by atoms with Crippen LogP contribution in [0.3, 0.4) is 0 Å². The number of anilines is 1. The van der Waals surface area contributed by atoms with Crippen LogP contribution in [0.5, 0.6) is 5.75 Å². The summed E-state index contributed by atoms with van der Waals surface area (Å²) >= 11 is 12.3. The minimum Gasteiger partial charge on any atom is -0.489 e. The summed E-state index contributed by atoms with van der Waals surface area (Å²) in [4.78, 5) is 2.19. The molecule has 1 N–H and O–H groups in total. The molecular formula is C18H19Cl2NO3. The second-order valence-electron chi connectivity index (χ2n) is 5.60. The Bertz CT molecular complexity index is 658. The van der Waals surface area contributed by atoms with Gasteiger partial charge in [0.1, 0.15) is 12.4 Å². The molecule has 0 spiro atoms. The third-order valence-electron chi connectivity index (χ3n) is 3.99. The summed E-state index contributed by atoms with van der Waals surface area (Å²) < 4.78 is 11.3. The number of rotatable bonds is 5. The molecule has 24 heavy (non-hydrogen) atoms. The number of ether oxygens (including phenoxy) is 2. The fraction of sp³-hybridized carbons (Fsp3) is 0.333. The van der Waals surface area contributed by atoms with E-state index in [1.165, 1.54) is 0 Å². The van der Waals surface area contributed by atoms with E-state index in [1.54, 1.807) is 12.1 Å². The molecule has 2 aromatic carbocycles. The molecule has 0 saturated carbocycles. The largest absolute Gasteiger partial charge is 0.489 e. The lowest BCUT2D eigenvalue weighted by atomic mass is 10.2. The van der Waals surface area contributed by atoms with Gasteiger partial charge in [0.15, 0.2) is 0 Å². The zero-order valence-corrected chi connectivity index (χ0v) is 14.6. The minimum atomic E-state index is -0.128. The maximum atomic E-state index is 9.23. The second kappa shape index (κ2) is 8.08. The topological polar surface area (TPSA) is 41.9 Å². The van der Waals surface area contributed by atoms with Crippen LogP contribution < -0.4 is 9.64 Å². The van der Waals surface area contributed by atoms with Crippen LogP contribution in [0, 0.1) is 0 Å². The predicted molar refractivity (Wildman–Crippen MR) is 96.3 cm³/mol. The van der Waals surface area contributed by atoms with Gasteiger partial charge in [-0.15, -0.1) is 0 Å². The van der Waals surface area contributed by atoms with E-state index in [4.69, 9.17) is 32.7 Å². The Hall–Kier alpha value is -1.46. The zero-order valence-electron chi connectivity index (χ0n) is 13.1. The fourth-order valence-corrected chi connectivity index (χ4v) is 3.15. The van der Waals surface area contributed by atoms with E-state index in [1.807, 2.05) is 30.3 Å². The Morgan fingerprint density at radius 3 is 2.50 bits per heavy atom. The molecule has 2 aromatic rings. The Labute approximate surface area is 151 Å². The summed E-state index contributed by atoms with van der Waals surface area (Å²) in [6, 6.07) is 13.3. The Balaban J connectivity index is 1.62. The van der Waals surface area contributed by atoms with Crippen LogP contribution in [0.25, 0.3) is 0 Å². The molecule has 1 atom stereocenters. The van der Waals surface area contributed by atoms with Gasteiger partial charge in [-0.2, -0.15) is 0 Å². The number of morpholine rings is 1. The standard InChI is InChI=1S/C18H19Cl2NO3/c19-17-2-1-3-18(20)16(17)12-24-14-6-4-13(5-7-14)21-8-9-23-15(10-21)11-22/h1-7,15,22H,8-12H2. The number of benzene rings is 2. The quantitative estimate of drug-likeness (QED) is 0.873. The maximum absolute atomic E-state index is 9.23. The van der Waals surface area contributed by atoms with Gasteiger partial charge in [0.2, 0.25) is 0 Å². The molecule has 128 valence electrons. The molecule has 1 unspecified atom stereocenters. The van der Waals surface area contributed by atoms with Gasteiger partial charge in [0.05, 0.1) is 19.3 Å². The lowest BCUT2D eigenvalue weighted by Crippen LogP contribution is -2.44. The van der Waals surface area contributed by atoms with Crippen molar-refractivity contribution >= 4 is 28.9 Å². The number of aliphatic hydroxyl groups is 1. The highest BCUT2D eigenvalue weighted by molar-refractivity contribution is 6.35. The molecular weight excluding hydrogens is 349 g/mol. The van der Waals surface area contributed by atoms with Gasteiger partial charge in [-0.25, -0.2) is 0 Å². The van der Waals surface area contributed by atoms with Crippen LogP contribution >= 0.6 is 23.2 Å². The van der Waals surface area contributed by atoms with Crippen molar-refractivity contribution in [2.75, 3.05) is 31.2 Å². The predicted octanol–water partition coefficient (Wildman–Crippen LogP) is 3.77. The molecule has 0 aromatic heterocycles. The first-order valence-corrected chi connectivity index (χ1v) is 8.56. The van der Waals surface area contributed by atoms with Crippen molar-refractivity contribution in [1.29, 1.82) is 0 Å². The maximum Gasteiger partial charge on any atom is 0.119 e. The molecule has 1 saturated heterocycles. The molecule has 1 aliphatic heterocycles. The first-order valence-electron chi connectivity index (χ1n) is 7.80. The van der Waals surface area contributed by atoms with Gasteiger partial charge in [0, 0.05) is 34.4 Å². The van der Waals surface area contributed by atoms with Crippen molar-refractivity contribution < 1.29 is 14.6 Å². The van der Waals surface area contributed by atoms with Gasteiger partial charge in [-0.3, -0.25) is 0 Å². The smallest absolute Gasteiger partial charge is 0.119 e. The lowest BCUT2D eigenvalue weighted by molar-refractivity contribution is 0.00357. The lowest BCUT2D eigenvalue weighted by Gasteiger charge is -2.33. The molecule has 6 heteroatoms. The molecule has 0 radical (unpaired) electrons. The molecule has 1 fully saturated rings. The molecule has 0 aliphatic carbocycles. The van der Waals surface area contributed by atoms with Crippen LogP contribution in [0.15, 0.2) is 42.5 Å². The normalized spacial score (nSPS) is 17.8. The van der Waals surface area contributed by atoms with E-state index >= 15 is 0 Å². The van der Waals surface area contributed by atoms with E-state index in [0.29, 0.717) is 29.8 Å². The zero-order chi connectivity index (χ0) is 16.9. The van der Waals surface area contributed by atoms with Crippen molar-refractivity contribution in [2.45, 2.75) is 12.7 Å². The average molecular weight is 368 g/mol. The first kappa shape index (κ1) is 17.4. The molecule has 4 nitrogen and oxygen atoms in total. The Kier molecular flexibility index (Phi) is 5.85. The van der Waals surface area contributed by atoms with E-state index in [-0.39, 0.29) is 12.7 Å². The Morgan fingerprint density at radius 2 is 1.83 bits per heavy atom. The molecule has 3 rings (SSSR count). The summed E-state index contributed by atoms with van der Waals surface area (Å²) in [5.74, 6) is 0.752. The van der Waals surface area contributed by atoms with E-state index in [9.17, 15) is 5.11 Å². The first-order chi connectivity index (χ1) is 11.7. The average Bonchev–Trinajstić information content (AvgIpc) is 2.62. The van der Waals surface area contributed by atoms with Crippen molar-refractivity contribution in [3.8, 4) is 5.75 Å². The van der Waals surface area contributed by atoms with E-state index in [2.05, 4.69) is 4.90 Å². The van der Waals surface area contributed by atoms with Crippen molar-refractivity contribution in [3.63, 3.8) is 0 Å². The van der Waals surface area contributed by atoms with Crippen molar-refractivity contribution in [2.24, 2.45) is 0 Å². The van der Waals surface area contributed by atoms with E-state index in [0.717, 1.165) is 23.5 Å². The third kappa shape index (κ3) is 4.14. The third-order valence-corrected chi connectivity index (χ3v) is 4.70. The van der Waals surface area contributed by atoms with Crippen molar-refractivity contribution in [3.05, 3.63) is 58.1 Å². The van der Waals surface area contributed by atoms with Crippen molar-refractivity contribution in [1.82, 2.24) is 0 Å². The second-order valence-corrected chi connectivity index (χ2v) is 6.42. The number of hydrogen-bond donors (Lipinski definition) is 1. The molecule has 1 aliphatic rings. The van der Waals surface area contributed by atoms with Crippen LogP contribution in [-0.2, 0) is 11.3 Å². The van der Waals surface area contributed by atoms with Gasteiger partial charge in [-0.05, 0) is 36.4 Å². The van der Waals surface area contributed by atoms with Crippen LogP contribution in [0.2, 0.25) is 10.0 Å². The highest BCUT2D eigenvalue weighted by Crippen LogP contribution is 2.27. The van der Waals surface area contributed by atoms with Gasteiger partial charge >= 0.3 is 0 Å². The van der Waals surface area contributed by atoms with Crippen LogP contribution in [-0.4, -0.2) is 37.5 Å². The van der Waals surface area contributed by atoms with Crippen LogP contribution in [0.1, 0.15) is 5.56 Å². The summed E-state index contributed by atoms with van der Waals surface area (Å²) in [7, 11) is 0. The summed E-state index contributed by atoms with van der Waals surface area (Å²) in [5.41, 5.74) is 1.86. The molecule has 1 heterocycles. The fourth-order valence-electron chi connectivity index (χ4n) is 2.64.